The number of carbonyl (C=O) groups excluding carboxylic acids is 1. The van der Waals surface area contributed by atoms with Crippen LogP contribution < -0.4 is 0 Å². The zero-order valence-corrected chi connectivity index (χ0v) is 11.2. The van der Waals surface area contributed by atoms with Crippen LogP contribution in [0.3, 0.4) is 0 Å². The van der Waals surface area contributed by atoms with Gasteiger partial charge in [-0.15, -0.1) is 0 Å². The molecular weight excluding hydrogens is 200 g/mol. The highest BCUT2D eigenvalue weighted by Gasteiger charge is 2.13. The quantitative estimate of drug-likeness (QED) is 0.728. The van der Waals surface area contributed by atoms with Gasteiger partial charge in [0.15, 0.2) is 5.78 Å². The Hall–Kier alpha value is -0.890. The van der Waals surface area contributed by atoms with Crippen LogP contribution >= 0.6 is 0 Å². The molecule has 0 fully saturated rings. The molecule has 1 N–H and O–H groups in total. The van der Waals surface area contributed by atoms with E-state index < -0.39 is 5.60 Å². The van der Waals surface area contributed by atoms with E-state index in [-0.39, 0.29) is 11.7 Å². The number of hydrogen-bond acceptors (Lipinski definition) is 2. The van der Waals surface area contributed by atoms with Crippen LogP contribution in [0.1, 0.15) is 41.5 Å². The number of carbonyl (C=O) groups is 1. The van der Waals surface area contributed by atoms with E-state index in [4.69, 9.17) is 0 Å². The first-order valence-electron chi connectivity index (χ1n) is 5.81. The first-order valence-corrected chi connectivity index (χ1v) is 5.81. The number of aliphatic hydroxyl groups is 1. The third-order valence-corrected chi connectivity index (χ3v) is 2.06. The maximum Gasteiger partial charge on any atom is 0.181 e. The first-order chi connectivity index (χ1) is 7.13. The van der Waals surface area contributed by atoms with Gasteiger partial charge in [0.25, 0.3) is 0 Å². The lowest BCUT2D eigenvalue weighted by molar-refractivity contribution is -0.111. The van der Waals surface area contributed by atoms with Gasteiger partial charge in [0, 0.05) is 0 Å². The number of hydrogen-bond donors (Lipinski definition) is 1. The predicted octanol–water partition coefficient (Wildman–Crippen LogP) is 3.12. The topological polar surface area (TPSA) is 37.3 Å². The molecule has 0 spiro atoms. The molecular formula is C14H24O2. The minimum atomic E-state index is -0.935. The normalized spacial score (nSPS) is 14.2. The summed E-state index contributed by atoms with van der Waals surface area (Å²) >= 11 is 0. The Kier molecular flexibility index (Phi) is 5.66. The molecule has 2 nitrogen and oxygen atoms in total. The summed E-state index contributed by atoms with van der Waals surface area (Å²) in [7, 11) is 0. The van der Waals surface area contributed by atoms with Crippen molar-refractivity contribution >= 4 is 5.78 Å². The van der Waals surface area contributed by atoms with Gasteiger partial charge in [-0.25, -0.2) is 0 Å². The zero-order chi connectivity index (χ0) is 12.9. The van der Waals surface area contributed by atoms with Gasteiger partial charge < -0.3 is 5.11 Å². The largest absolute Gasteiger partial charge is 0.386 e. The van der Waals surface area contributed by atoms with Crippen LogP contribution in [0.15, 0.2) is 23.8 Å². The Morgan fingerprint density at radius 1 is 1.19 bits per heavy atom. The zero-order valence-electron chi connectivity index (χ0n) is 11.2. The van der Waals surface area contributed by atoms with Crippen LogP contribution in [0.25, 0.3) is 0 Å². The number of allylic oxidation sites excluding steroid dienone is 3. The van der Waals surface area contributed by atoms with E-state index in [0.29, 0.717) is 5.92 Å². The van der Waals surface area contributed by atoms with Crippen LogP contribution in [0.5, 0.6) is 0 Å². The molecule has 0 atom stereocenters. The molecule has 0 saturated carbocycles. The van der Waals surface area contributed by atoms with Crippen molar-refractivity contribution in [3.05, 3.63) is 23.8 Å². The average molecular weight is 224 g/mol. The summed E-state index contributed by atoms with van der Waals surface area (Å²) in [6.07, 6.45) is 4.99. The van der Waals surface area contributed by atoms with Gasteiger partial charge in [-0.05, 0) is 43.4 Å². The number of rotatable bonds is 5. The van der Waals surface area contributed by atoms with Crippen LogP contribution in [0, 0.1) is 11.8 Å². The fourth-order valence-corrected chi connectivity index (χ4v) is 1.29. The van der Waals surface area contributed by atoms with Crippen LogP contribution in [-0.4, -0.2) is 16.5 Å². The van der Waals surface area contributed by atoms with E-state index in [9.17, 15) is 9.90 Å². The summed E-state index contributed by atoms with van der Waals surface area (Å²) in [6, 6.07) is 0. The van der Waals surface area contributed by atoms with Gasteiger partial charge in [0.05, 0.1) is 5.60 Å². The van der Waals surface area contributed by atoms with E-state index in [2.05, 4.69) is 13.8 Å². The standard InChI is InChI=1S/C14H24O2/c1-10(2)9-12(11(3)4)13(15)7-8-14(5,6)16/h7-11,16H,1-6H3/b8-7+,12-9+. The van der Waals surface area contributed by atoms with Crippen molar-refractivity contribution in [1.82, 2.24) is 0 Å². The van der Waals surface area contributed by atoms with Gasteiger partial charge in [0.1, 0.15) is 0 Å². The fraction of sp³-hybridized carbons (Fsp3) is 0.643. The molecule has 0 saturated heterocycles. The lowest BCUT2D eigenvalue weighted by Gasteiger charge is -2.12. The van der Waals surface area contributed by atoms with E-state index in [1.165, 1.54) is 12.2 Å². The third kappa shape index (κ3) is 6.57. The third-order valence-electron chi connectivity index (χ3n) is 2.06. The smallest absolute Gasteiger partial charge is 0.181 e. The fourth-order valence-electron chi connectivity index (χ4n) is 1.29. The van der Waals surface area contributed by atoms with Crippen molar-refractivity contribution in [3.63, 3.8) is 0 Å². The van der Waals surface area contributed by atoms with E-state index in [1.54, 1.807) is 13.8 Å². The van der Waals surface area contributed by atoms with Gasteiger partial charge in [-0.3, -0.25) is 4.79 Å². The summed E-state index contributed by atoms with van der Waals surface area (Å²) < 4.78 is 0. The van der Waals surface area contributed by atoms with Crippen LogP contribution in [-0.2, 0) is 4.79 Å². The summed E-state index contributed by atoms with van der Waals surface area (Å²) in [5, 5.41) is 9.51. The van der Waals surface area contributed by atoms with Crippen LogP contribution in [0.2, 0.25) is 0 Å². The van der Waals surface area contributed by atoms with Gasteiger partial charge >= 0.3 is 0 Å². The highest BCUT2D eigenvalue weighted by atomic mass is 16.3. The molecule has 0 rings (SSSR count). The second-order valence-electron chi connectivity index (χ2n) is 5.37. The molecule has 0 unspecified atom stereocenters. The van der Waals surface area contributed by atoms with Gasteiger partial charge in [0.2, 0.25) is 0 Å². The molecule has 16 heavy (non-hydrogen) atoms. The minimum absolute atomic E-state index is 0.00850. The lowest BCUT2D eigenvalue weighted by atomic mass is 9.94. The lowest BCUT2D eigenvalue weighted by Crippen LogP contribution is -2.15. The van der Waals surface area contributed by atoms with E-state index in [0.717, 1.165) is 5.57 Å². The molecule has 0 aromatic carbocycles. The summed E-state index contributed by atoms with van der Waals surface area (Å²) in [4.78, 5) is 11.9. The Morgan fingerprint density at radius 2 is 1.69 bits per heavy atom. The van der Waals surface area contributed by atoms with Crippen molar-refractivity contribution < 1.29 is 9.90 Å². The average Bonchev–Trinajstić information content (AvgIpc) is 2.08. The monoisotopic (exact) mass is 224 g/mol. The van der Waals surface area contributed by atoms with Crippen molar-refractivity contribution in [2.45, 2.75) is 47.1 Å². The SMILES string of the molecule is CC(C)/C=C(/C(=O)/C=C/C(C)(C)O)C(C)C. The highest BCUT2D eigenvalue weighted by Crippen LogP contribution is 2.15. The molecule has 0 aromatic heterocycles. The molecule has 0 aromatic rings. The van der Waals surface area contributed by atoms with Crippen molar-refractivity contribution in [2.75, 3.05) is 0 Å². The van der Waals surface area contributed by atoms with Gasteiger partial charge in [-0.1, -0.05) is 33.8 Å². The van der Waals surface area contributed by atoms with E-state index in [1.807, 2.05) is 19.9 Å². The molecule has 0 heterocycles. The van der Waals surface area contributed by atoms with Crippen molar-refractivity contribution in [2.24, 2.45) is 11.8 Å². The summed E-state index contributed by atoms with van der Waals surface area (Å²) in [5.74, 6) is 0.559. The summed E-state index contributed by atoms with van der Waals surface area (Å²) in [5.41, 5.74) is -0.120. The molecule has 0 aliphatic rings. The van der Waals surface area contributed by atoms with Gasteiger partial charge in [-0.2, -0.15) is 0 Å². The van der Waals surface area contributed by atoms with Crippen molar-refractivity contribution in [3.8, 4) is 0 Å². The molecule has 92 valence electrons. The Bertz CT molecular complexity index is 288. The Morgan fingerprint density at radius 3 is 2.00 bits per heavy atom. The molecule has 0 amide bonds. The van der Waals surface area contributed by atoms with E-state index >= 15 is 0 Å². The Balaban J connectivity index is 4.86. The molecule has 2 heteroatoms. The first kappa shape index (κ1) is 15.1. The molecule has 0 aliphatic heterocycles. The molecule has 0 aliphatic carbocycles. The highest BCUT2D eigenvalue weighted by molar-refractivity contribution is 6.04. The maximum atomic E-state index is 11.9. The van der Waals surface area contributed by atoms with Crippen molar-refractivity contribution in [1.29, 1.82) is 0 Å². The minimum Gasteiger partial charge on any atom is -0.386 e. The molecule has 0 bridgehead atoms. The van der Waals surface area contributed by atoms with Crippen LogP contribution in [0.4, 0.5) is 0 Å². The molecule has 0 radical (unpaired) electrons. The maximum absolute atomic E-state index is 11.9. The number of ketones is 1. The Labute approximate surface area is 99.1 Å². The second-order valence-corrected chi connectivity index (χ2v) is 5.37. The summed E-state index contributed by atoms with van der Waals surface area (Å²) in [6.45, 7) is 11.4. The predicted molar refractivity (Wildman–Crippen MR) is 68.2 cm³/mol. The second kappa shape index (κ2) is 6.00.